The van der Waals surface area contributed by atoms with Gasteiger partial charge in [0.1, 0.15) is 6.54 Å². The number of hydrogen-bond donors (Lipinski definition) is 2. The average Bonchev–Trinajstić information content (AvgIpc) is 2.37. The molecule has 0 aliphatic rings. The third-order valence-corrected chi connectivity index (χ3v) is 2.45. The quantitative estimate of drug-likeness (QED) is 0.466. The second-order valence-corrected chi connectivity index (χ2v) is 3.73. The largest absolute Gasteiger partial charge is 0.479 e. The van der Waals surface area contributed by atoms with Crippen molar-refractivity contribution in [1.82, 2.24) is 5.32 Å². The van der Waals surface area contributed by atoms with Gasteiger partial charge in [0.25, 0.3) is 0 Å². The number of azide groups is 1. The molecule has 1 amide bonds. The van der Waals surface area contributed by atoms with Gasteiger partial charge in [-0.3, -0.25) is 4.79 Å². The second-order valence-electron chi connectivity index (χ2n) is 3.73. The van der Waals surface area contributed by atoms with E-state index in [9.17, 15) is 14.7 Å². The standard InChI is InChI=1S/C11H12N4O3/c1-11(10(17)18,8-5-3-2-4-6-8)14-9(16)7-13-15-12/h2-6H,7H2,1H3,(H,14,16)(H,17,18)/t11-/m1/s1. The van der Waals surface area contributed by atoms with E-state index in [1.54, 1.807) is 30.3 Å². The molecule has 7 nitrogen and oxygen atoms in total. The fourth-order valence-electron chi connectivity index (χ4n) is 1.43. The van der Waals surface area contributed by atoms with Crippen LogP contribution >= 0.6 is 0 Å². The van der Waals surface area contributed by atoms with Crippen molar-refractivity contribution in [2.45, 2.75) is 12.5 Å². The Hall–Kier alpha value is -2.53. The Labute approximate surface area is 103 Å². The first kappa shape index (κ1) is 13.5. The Morgan fingerprint density at radius 3 is 2.56 bits per heavy atom. The minimum Gasteiger partial charge on any atom is -0.479 e. The number of nitrogens with zero attached hydrogens (tertiary/aromatic N) is 3. The molecule has 0 saturated heterocycles. The van der Waals surface area contributed by atoms with Gasteiger partial charge in [0.15, 0.2) is 5.54 Å². The lowest BCUT2D eigenvalue weighted by Gasteiger charge is -2.26. The number of carbonyl (C=O) groups is 2. The normalized spacial score (nSPS) is 12.9. The maximum atomic E-state index is 11.5. The Balaban J connectivity index is 2.99. The van der Waals surface area contributed by atoms with Crippen LogP contribution in [0.1, 0.15) is 12.5 Å². The highest BCUT2D eigenvalue weighted by molar-refractivity contribution is 5.88. The zero-order chi connectivity index (χ0) is 13.6. The summed E-state index contributed by atoms with van der Waals surface area (Å²) in [5, 5.41) is 14.7. The van der Waals surface area contributed by atoms with Crippen molar-refractivity contribution in [1.29, 1.82) is 0 Å². The SMILES string of the molecule is C[C@](NC(=O)CN=[N+]=[N-])(C(=O)O)c1ccccc1. The fraction of sp³-hybridized carbons (Fsp3) is 0.273. The van der Waals surface area contributed by atoms with Gasteiger partial charge >= 0.3 is 5.97 Å². The van der Waals surface area contributed by atoms with Gasteiger partial charge in [0.05, 0.1) is 0 Å². The molecule has 1 aromatic rings. The molecule has 0 unspecified atom stereocenters. The number of carboxylic acids is 1. The Morgan fingerprint density at radius 2 is 2.06 bits per heavy atom. The molecule has 2 N–H and O–H groups in total. The number of aliphatic carboxylic acids is 1. The summed E-state index contributed by atoms with van der Waals surface area (Å²) in [6.07, 6.45) is 0. The van der Waals surface area contributed by atoms with E-state index in [-0.39, 0.29) is 0 Å². The molecule has 0 spiro atoms. The van der Waals surface area contributed by atoms with Crippen molar-refractivity contribution in [3.05, 3.63) is 46.3 Å². The van der Waals surface area contributed by atoms with E-state index in [0.29, 0.717) is 5.56 Å². The zero-order valence-electron chi connectivity index (χ0n) is 9.70. The van der Waals surface area contributed by atoms with Gasteiger partial charge in [-0.25, -0.2) is 4.79 Å². The highest BCUT2D eigenvalue weighted by Crippen LogP contribution is 2.20. The number of nitrogens with one attached hydrogen (secondary N) is 1. The van der Waals surface area contributed by atoms with Crippen molar-refractivity contribution in [3.63, 3.8) is 0 Å². The van der Waals surface area contributed by atoms with Crippen molar-refractivity contribution >= 4 is 11.9 Å². The highest BCUT2D eigenvalue weighted by Gasteiger charge is 2.36. The van der Waals surface area contributed by atoms with Crippen LogP contribution in [0.4, 0.5) is 0 Å². The van der Waals surface area contributed by atoms with Crippen molar-refractivity contribution < 1.29 is 14.7 Å². The van der Waals surface area contributed by atoms with E-state index in [1.807, 2.05) is 0 Å². The zero-order valence-corrected chi connectivity index (χ0v) is 9.70. The van der Waals surface area contributed by atoms with Crippen molar-refractivity contribution in [3.8, 4) is 0 Å². The first-order valence-corrected chi connectivity index (χ1v) is 5.11. The van der Waals surface area contributed by atoms with Crippen LogP contribution < -0.4 is 5.32 Å². The summed E-state index contributed by atoms with van der Waals surface area (Å²) >= 11 is 0. The number of carbonyl (C=O) groups excluding carboxylic acids is 1. The Morgan fingerprint density at radius 1 is 1.44 bits per heavy atom. The number of hydrogen-bond acceptors (Lipinski definition) is 3. The van der Waals surface area contributed by atoms with E-state index in [4.69, 9.17) is 5.53 Å². The lowest BCUT2D eigenvalue weighted by atomic mass is 9.92. The first-order chi connectivity index (χ1) is 8.50. The van der Waals surface area contributed by atoms with Crippen LogP contribution in [0.15, 0.2) is 35.4 Å². The predicted molar refractivity (Wildman–Crippen MR) is 63.6 cm³/mol. The van der Waals surface area contributed by atoms with Crippen LogP contribution in [0.5, 0.6) is 0 Å². The molecule has 0 aliphatic carbocycles. The van der Waals surface area contributed by atoms with Crippen LogP contribution in [0.25, 0.3) is 10.4 Å². The molecule has 7 heteroatoms. The number of rotatable bonds is 5. The summed E-state index contributed by atoms with van der Waals surface area (Å²) in [5.41, 5.74) is 6.99. The monoisotopic (exact) mass is 248 g/mol. The highest BCUT2D eigenvalue weighted by atomic mass is 16.4. The summed E-state index contributed by atoms with van der Waals surface area (Å²) in [7, 11) is 0. The first-order valence-electron chi connectivity index (χ1n) is 5.11. The molecule has 1 rings (SSSR count). The lowest BCUT2D eigenvalue weighted by Crippen LogP contribution is -2.50. The van der Waals surface area contributed by atoms with Gasteiger partial charge in [-0.15, -0.1) is 0 Å². The average molecular weight is 248 g/mol. The molecule has 0 fully saturated rings. The molecule has 0 heterocycles. The molecule has 18 heavy (non-hydrogen) atoms. The molecular formula is C11H12N4O3. The van der Waals surface area contributed by atoms with E-state index < -0.39 is 24.0 Å². The predicted octanol–water partition coefficient (Wildman–Crippen LogP) is 1.41. The number of amides is 1. The molecule has 94 valence electrons. The smallest absolute Gasteiger partial charge is 0.333 e. The van der Waals surface area contributed by atoms with Crippen molar-refractivity contribution in [2.75, 3.05) is 6.54 Å². The van der Waals surface area contributed by atoms with Gasteiger partial charge in [-0.1, -0.05) is 35.4 Å². The van der Waals surface area contributed by atoms with Crippen LogP contribution in [0, 0.1) is 0 Å². The topological polar surface area (TPSA) is 115 Å². The molecule has 0 aromatic heterocycles. The third-order valence-electron chi connectivity index (χ3n) is 2.45. The summed E-state index contributed by atoms with van der Waals surface area (Å²) in [6.45, 7) is 0.935. The molecule has 1 aromatic carbocycles. The fourth-order valence-corrected chi connectivity index (χ4v) is 1.43. The minimum absolute atomic E-state index is 0.437. The Bertz CT molecular complexity index is 496. The van der Waals surface area contributed by atoms with Gasteiger partial charge in [0, 0.05) is 4.91 Å². The van der Waals surface area contributed by atoms with Crippen molar-refractivity contribution in [2.24, 2.45) is 5.11 Å². The van der Waals surface area contributed by atoms with Crippen LogP contribution in [-0.2, 0) is 15.1 Å². The maximum Gasteiger partial charge on any atom is 0.333 e. The van der Waals surface area contributed by atoms with E-state index in [0.717, 1.165) is 0 Å². The summed E-state index contributed by atoms with van der Waals surface area (Å²) < 4.78 is 0. The van der Waals surface area contributed by atoms with E-state index in [1.165, 1.54) is 6.92 Å². The Kier molecular flexibility index (Phi) is 4.28. The maximum absolute atomic E-state index is 11.5. The molecular weight excluding hydrogens is 236 g/mol. The molecule has 1 atom stereocenters. The van der Waals surface area contributed by atoms with Crippen LogP contribution in [0.2, 0.25) is 0 Å². The molecule has 0 saturated carbocycles. The van der Waals surface area contributed by atoms with Gasteiger partial charge in [-0.05, 0) is 18.0 Å². The number of carboxylic acid groups (broad SMARTS) is 1. The van der Waals surface area contributed by atoms with Gasteiger partial charge < -0.3 is 10.4 Å². The molecule has 0 radical (unpaired) electrons. The molecule has 0 bridgehead atoms. The third kappa shape index (κ3) is 2.99. The minimum atomic E-state index is -1.55. The summed E-state index contributed by atoms with van der Waals surface area (Å²) in [6, 6.07) is 8.30. The lowest BCUT2D eigenvalue weighted by molar-refractivity contribution is -0.147. The second kappa shape index (κ2) is 5.70. The summed E-state index contributed by atoms with van der Waals surface area (Å²) in [5.74, 6) is -1.84. The van der Waals surface area contributed by atoms with E-state index >= 15 is 0 Å². The van der Waals surface area contributed by atoms with Gasteiger partial charge in [-0.2, -0.15) is 0 Å². The summed E-state index contributed by atoms with van der Waals surface area (Å²) in [4.78, 5) is 25.2. The van der Waals surface area contributed by atoms with Crippen LogP contribution in [0.3, 0.4) is 0 Å². The molecule has 0 aliphatic heterocycles. The number of benzene rings is 1. The van der Waals surface area contributed by atoms with Crippen LogP contribution in [-0.4, -0.2) is 23.5 Å². The van der Waals surface area contributed by atoms with Gasteiger partial charge in [0.2, 0.25) is 5.91 Å². The van der Waals surface area contributed by atoms with E-state index in [2.05, 4.69) is 15.3 Å².